The molecule has 0 radical (unpaired) electrons. The number of carbonyl (C=O) groups excluding carboxylic acids is 1. The van der Waals surface area contributed by atoms with Crippen LogP contribution in [0.15, 0.2) is 28.1 Å². The second kappa shape index (κ2) is 8.21. The van der Waals surface area contributed by atoms with E-state index < -0.39 is 30.0 Å². The maximum atomic E-state index is 12.1. The summed E-state index contributed by atoms with van der Waals surface area (Å²) in [5, 5.41) is 2.82. The van der Waals surface area contributed by atoms with E-state index >= 15 is 0 Å². The summed E-state index contributed by atoms with van der Waals surface area (Å²) in [7, 11) is -0.562. The highest BCUT2D eigenvalue weighted by atomic mass is 79.9. The number of alkyl carbamates (subject to hydrolysis) is 1. The molecule has 0 aliphatic carbocycles. The Morgan fingerprint density at radius 2 is 1.79 bits per heavy atom. The van der Waals surface area contributed by atoms with Crippen LogP contribution in [0.2, 0.25) is 0 Å². The van der Waals surface area contributed by atoms with Gasteiger partial charge in [0.2, 0.25) is 0 Å². The average Bonchev–Trinajstić information content (AvgIpc) is 2.71. The molecule has 1 aromatic carbocycles. The molecule has 0 saturated carbocycles. The van der Waals surface area contributed by atoms with Gasteiger partial charge in [0.05, 0.1) is 11.2 Å². The predicted octanol–water partition coefficient (Wildman–Crippen LogP) is 5.30. The highest BCUT2D eigenvalue weighted by Gasteiger charge is 2.52. The summed E-state index contributed by atoms with van der Waals surface area (Å²) in [4.78, 5) is 12.1. The summed E-state index contributed by atoms with van der Waals surface area (Å²) < 4.78 is 18.7. The largest absolute Gasteiger partial charge is 0.492 e. The van der Waals surface area contributed by atoms with Gasteiger partial charge in [-0.3, -0.25) is 0 Å². The van der Waals surface area contributed by atoms with Gasteiger partial charge in [-0.1, -0.05) is 34.1 Å². The smallest absolute Gasteiger partial charge is 0.444 e. The van der Waals surface area contributed by atoms with Crippen LogP contribution in [0.25, 0.3) is 6.08 Å². The minimum atomic E-state index is -0.562. The Morgan fingerprint density at radius 1 is 1.21 bits per heavy atom. The van der Waals surface area contributed by atoms with Crippen molar-refractivity contribution in [2.45, 2.75) is 72.2 Å². The standard InChI is InChI=1S/C21H31BBrNO4/c1-14-9-10-15(17(23)11-14)12-16(13-24-18(25)26-19(2,3)4)22-27-20(5,6)21(7,8)28-22/h9-12H,13H2,1-8H3,(H,24,25). The summed E-state index contributed by atoms with van der Waals surface area (Å²) in [6, 6.07) is 6.12. The van der Waals surface area contributed by atoms with E-state index in [1.54, 1.807) is 0 Å². The fraction of sp³-hybridized carbons (Fsp3) is 0.571. The summed E-state index contributed by atoms with van der Waals surface area (Å²) in [5.74, 6) is 0. The predicted molar refractivity (Wildman–Crippen MR) is 117 cm³/mol. The molecule has 0 aromatic heterocycles. The lowest BCUT2D eigenvalue weighted by Gasteiger charge is -2.32. The molecule has 1 aliphatic rings. The molecule has 0 unspecified atom stereocenters. The summed E-state index contributed by atoms with van der Waals surface area (Å²) in [6.45, 7) is 15.8. The molecular weight excluding hydrogens is 421 g/mol. The van der Waals surface area contributed by atoms with E-state index in [2.05, 4.69) is 27.3 Å². The minimum Gasteiger partial charge on any atom is -0.444 e. The van der Waals surface area contributed by atoms with Crippen molar-refractivity contribution >= 4 is 35.2 Å². The molecule has 7 heteroatoms. The fourth-order valence-electron chi connectivity index (χ4n) is 2.63. The van der Waals surface area contributed by atoms with Crippen LogP contribution in [0.3, 0.4) is 0 Å². The number of amides is 1. The van der Waals surface area contributed by atoms with Crippen molar-refractivity contribution in [2.75, 3.05) is 6.54 Å². The van der Waals surface area contributed by atoms with E-state index in [1.165, 1.54) is 0 Å². The Balaban J connectivity index is 2.28. The third-order valence-electron chi connectivity index (χ3n) is 4.89. The van der Waals surface area contributed by atoms with Gasteiger partial charge in [0, 0.05) is 11.0 Å². The molecule has 154 valence electrons. The minimum absolute atomic E-state index is 0.256. The van der Waals surface area contributed by atoms with E-state index in [0.717, 1.165) is 21.1 Å². The zero-order valence-electron chi connectivity index (χ0n) is 18.1. The average molecular weight is 452 g/mol. The lowest BCUT2D eigenvalue weighted by atomic mass is 9.77. The van der Waals surface area contributed by atoms with E-state index in [0.29, 0.717) is 0 Å². The van der Waals surface area contributed by atoms with Gasteiger partial charge in [0.25, 0.3) is 0 Å². The lowest BCUT2D eigenvalue weighted by molar-refractivity contribution is 0.00578. The number of carbonyl (C=O) groups is 1. The Hall–Kier alpha value is -1.31. The van der Waals surface area contributed by atoms with E-state index in [4.69, 9.17) is 14.0 Å². The van der Waals surface area contributed by atoms with E-state index in [1.807, 2.05) is 73.6 Å². The number of ether oxygens (including phenoxy) is 1. The molecule has 1 heterocycles. The SMILES string of the molecule is Cc1ccc(C=C(CNC(=O)OC(C)(C)C)B2OC(C)(C)C(C)(C)O2)c(Br)c1. The highest BCUT2D eigenvalue weighted by Crippen LogP contribution is 2.39. The molecule has 0 atom stereocenters. The summed E-state index contributed by atoms with van der Waals surface area (Å²) in [5.41, 5.74) is 1.47. The molecule has 1 saturated heterocycles. The highest BCUT2D eigenvalue weighted by molar-refractivity contribution is 9.10. The van der Waals surface area contributed by atoms with Crippen molar-refractivity contribution < 1.29 is 18.8 Å². The number of benzene rings is 1. The molecule has 1 amide bonds. The van der Waals surface area contributed by atoms with Crippen LogP contribution in [-0.4, -0.2) is 36.6 Å². The van der Waals surface area contributed by atoms with Crippen molar-refractivity contribution in [3.63, 3.8) is 0 Å². The Kier molecular flexibility index (Phi) is 6.74. The van der Waals surface area contributed by atoms with Crippen molar-refractivity contribution in [1.82, 2.24) is 5.32 Å². The first-order valence-corrected chi connectivity index (χ1v) is 10.3. The Bertz CT molecular complexity index is 752. The molecule has 28 heavy (non-hydrogen) atoms. The molecule has 1 aliphatic heterocycles. The van der Waals surface area contributed by atoms with Crippen molar-refractivity contribution in [1.29, 1.82) is 0 Å². The van der Waals surface area contributed by atoms with Crippen LogP contribution in [0.4, 0.5) is 4.79 Å². The topological polar surface area (TPSA) is 56.8 Å². The van der Waals surface area contributed by atoms with Crippen molar-refractivity contribution in [3.8, 4) is 0 Å². The van der Waals surface area contributed by atoms with Crippen molar-refractivity contribution in [2.24, 2.45) is 0 Å². The van der Waals surface area contributed by atoms with Gasteiger partial charge in [-0.05, 0) is 78.1 Å². The van der Waals surface area contributed by atoms with Crippen LogP contribution < -0.4 is 5.32 Å². The Labute approximate surface area is 177 Å². The number of halogens is 1. The zero-order valence-corrected chi connectivity index (χ0v) is 19.7. The molecule has 2 rings (SSSR count). The second-order valence-electron chi connectivity index (χ2n) is 9.19. The number of hydrogen-bond acceptors (Lipinski definition) is 4. The van der Waals surface area contributed by atoms with Gasteiger partial charge in [-0.2, -0.15) is 0 Å². The van der Waals surface area contributed by atoms with E-state index in [9.17, 15) is 4.79 Å². The quantitative estimate of drug-likeness (QED) is 0.631. The van der Waals surface area contributed by atoms with Gasteiger partial charge in [-0.15, -0.1) is 0 Å². The fourth-order valence-corrected chi connectivity index (χ4v) is 3.24. The maximum Gasteiger partial charge on any atom is 0.492 e. The molecule has 0 spiro atoms. The molecule has 1 N–H and O–H groups in total. The molecule has 1 fully saturated rings. The summed E-state index contributed by atoms with van der Waals surface area (Å²) >= 11 is 3.61. The van der Waals surface area contributed by atoms with Crippen LogP contribution in [0, 0.1) is 6.92 Å². The first-order chi connectivity index (χ1) is 12.7. The Morgan fingerprint density at radius 3 is 2.29 bits per heavy atom. The number of nitrogens with one attached hydrogen (secondary N) is 1. The second-order valence-corrected chi connectivity index (χ2v) is 10.0. The first kappa shape index (κ1) is 23.0. The molecule has 0 bridgehead atoms. The van der Waals surface area contributed by atoms with Crippen LogP contribution in [-0.2, 0) is 14.0 Å². The van der Waals surface area contributed by atoms with E-state index in [-0.39, 0.29) is 6.54 Å². The van der Waals surface area contributed by atoms with Gasteiger partial charge >= 0.3 is 13.2 Å². The van der Waals surface area contributed by atoms with Gasteiger partial charge in [0.1, 0.15) is 5.60 Å². The number of aryl methyl sites for hydroxylation is 1. The maximum absolute atomic E-state index is 12.1. The van der Waals surface area contributed by atoms with Crippen LogP contribution in [0.1, 0.15) is 59.6 Å². The number of hydrogen-bond donors (Lipinski definition) is 1. The van der Waals surface area contributed by atoms with Gasteiger partial charge < -0.3 is 19.4 Å². The molecule has 5 nitrogen and oxygen atoms in total. The number of rotatable bonds is 4. The summed E-state index contributed by atoms with van der Waals surface area (Å²) in [6.07, 6.45) is 1.51. The van der Waals surface area contributed by atoms with Crippen LogP contribution in [0.5, 0.6) is 0 Å². The molecule has 1 aromatic rings. The molecular formula is C21H31BBrNO4. The lowest BCUT2D eigenvalue weighted by Crippen LogP contribution is -2.41. The normalized spacial score (nSPS) is 18.9. The first-order valence-electron chi connectivity index (χ1n) is 9.49. The third-order valence-corrected chi connectivity index (χ3v) is 5.58. The van der Waals surface area contributed by atoms with Crippen LogP contribution >= 0.6 is 15.9 Å². The van der Waals surface area contributed by atoms with Gasteiger partial charge in [0.15, 0.2) is 0 Å². The zero-order chi connectivity index (χ0) is 21.3. The van der Waals surface area contributed by atoms with Crippen molar-refractivity contribution in [3.05, 3.63) is 39.3 Å². The third kappa shape index (κ3) is 5.85. The monoisotopic (exact) mass is 451 g/mol. The van der Waals surface area contributed by atoms with Gasteiger partial charge in [-0.25, -0.2) is 4.79 Å².